The first-order chi connectivity index (χ1) is 29.2. The van der Waals surface area contributed by atoms with Gasteiger partial charge in [-0.2, -0.15) is 0 Å². The smallest absolute Gasteiger partial charge is 0.407 e. The molecule has 14 nitrogen and oxygen atoms in total. The maximum atomic E-state index is 15.0. The standard InChI is InChI=1S/C46H55N5O9S/c1-5-31-25-46(31,43(54)50-61(56,57)33-18-19-33)49-41(52)37-22-32-26-51(37)42(53)40(29-15-9-10-16-29)48-44(55)59-27-45(2,3)20-12-11-17-30-21-34-36(24-38(30)58-4)47-35(23-39(34)60-32)28-13-7-6-8-14-28/h5-8,11,13-14,17,21,23-24,29,31-33,37,40H,1,9-10,12,15-16,18-20,22,25-27H2,2-4H3,(H,48,55)(H,49,52)(H,50,54)/b17-11+/t31-,32-,37+,40+,46-/m1/s1. The molecule has 4 amide bonds. The minimum Gasteiger partial charge on any atom is -0.496 e. The van der Waals surface area contributed by atoms with E-state index in [-0.39, 0.29) is 37.3 Å². The molecule has 0 spiro atoms. The van der Waals surface area contributed by atoms with Crippen LogP contribution in [-0.2, 0) is 29.1 Å². The molecule has 1 aromatic heterocycles. The number of nitrogens with zero attached hydrogens (tertiary/aromatic N) is 2. The van der Waals surface area contributed by atoms with Crippen LogP contribution in [0.25, 0.3) is 28.2 Å². The second-order valence-electron chi connectivity index (χ2n) is 18.0. The van der Waals surface area contributed by atoms with Gasteiger partial charge in [0, 0.05) is 41.0 Å². The third-order valence-corrected chi connectivity index (χ3v) is 14.7. The monoisotopic (exact) mass is 853 g/mol. The molecule has 3 aliphatic carbocycles. The zero-order valence-electron chi connectivity index (χ0n) is 35.0. The van der Waals surface area contributed by atoms with Crippen molar-refractivity contribution < 1.29 is 41.8 Å². The van der Waals surface area contributed by atoms with Gasteiger partial charge in [0.15, 0.2) is 0 Å². The third-order valence-electron chi connectivity index (χ3n) is 12.9. The SMILES string of the molecule is C=C[C@@H]1C[C@]1(NC(=O)[C@@H]1C[C@@H]2CN1C(=O)[C@H](C1CCCC1)NC(=O)OCC(C)(C)CC/C=C/c1cc3c(cc(-c4ccccc4)nc3cc1OC)O2)C(=O)NS(=O)(=O)C1CC1. The topological polar surface area (TPSA) is 182 Å². The van der Waals surface area contributed by atoms with Crippen molar-refractivity contribution in [2.24, 2.45) is 17.3 Å². The van der Waals surface area contributed by atoms with Gasteiger partial charge in [0.25, 0.3) is 5.91 Å². The number of sulfonamides is 1. The highest BCUT2D eigenvalue weighted by Crippen LogP contribution is 2.46. The number of aromatic nitrogens is 1. The molecule has 5 atom stereocenters. The Kier molecular flexibility index (Phi) is 11.6. The lowest BCUT2D eigenvalue weighted by Gasteiger charge is -2.32. The summed E-state index contributed by atoms with van der Waals surface area (Å²) < 4.78 is 46.4. The first-order valence-corrected chi connectivity index (χ1v) is 22.9. The second-order valence-corrected chi connectivity index (χ2v) is 20.0. The minimum atomic E-state index is -3.92. The zero-order valence-corrected chi connectivity index (χ0v) is 35.8. The van der Waals surface area contributed by atoms with Crippen LogP contribution in [0, 0.1) is 17.3 Å². The fourth-order valence-electron chi connectivity index (χ4n) is 9.01. The van der Waals surface area contributed by atoms with Crippen LogP contribution < -0.4 is 24.8 Å². The second kappa shape index (κ2) is 16.8. The molecule has 3 saturated carbocycles. The van der Waals surface area contributed by atoms with E-state index in [1.54, 1.807) is 7.11 Å². The van der Waals surface area contributed by atoms with Crippen LogP contribution in [0.15, 0.2) is 67.3 Å². The van der Waals surface area contributed by atoms with Crippen molar-refractivity contribution in [2.45, 2.75) is 107 Å². The predicted octanol–water partition coefficient (Wildman–Crippen LogP) is 6.05. The van der Waals surface area contributed by atoms with Crippen molar-refractivity contribution in [3.05, 3.63) is 72.8 Å². The van der Waals surface area contributed by atoms with Gasteiger partial charge in [-0.15, -0.1) is 6.58 Å². The summed E-state index contributed by atoms with van der Waals surface area (Å²) in [5.74, 6) is -1.54. The van der Waals surface area contributed by atoms with Crippen LogP contribution in [-0.4, -0.2) is 91.4 Å². The molecule has 4 bridgehead atoms. The van der Waals surface area contributed by atoms with Crippen LogP contribution in [0.2, 0.25) is 0 Å². The number of ether oxygens (including phenoxy) is 3. The summed E-state index contributed by atoms with van der Waals surface area (Å²) in [7, 11) is -2.31. The molecule has 15 heteroatoms. The van der Waals surface area contributed by atoms with Crippen LogP contribution in [0.5, 0.6) is 11.5 Å². The molecule has 3 aromatic rings. The summed E-state index contributed by atoms with van der Waals surface area (Å²) in [5.41, 5.74) is 0.981. The molecule has 0 radical (unpaired) electrons. The first kappa shape index (κ1) is 42.3. The highest BCUT2D eigenvalue weighted by molar-refractivity contribution is 7.91. The summed E-state index contributed by atoms with van der Waals surface area (Å²) >= 11 is 0. The summed E-state index contributed by atoms with van der Waals surface area (Å²) in [5, 5.41) is 5.82. The number of allylic oxidation sites excluding steroid dienone is 1. The number of rotatable bonds is 9. The van der Waals surface area contributed by atoms with E-state index in [1.165, 1.54) is 11.0 Å². The molecule has 4 fully saturated rings. The number of hydrogen-bond acceptors (Lipinski definition) is 10. The Labute approximate surface area is 356 Å². The van der Waals surface area contributed by atoms with Gasteiger partial charge in [-0.3, -0.25) is 19.1 Å². The number of cyclic esters (lactones) is 1. The summed E-state index contributed by atoms with van der Waals surface area (Å²) in [6.07, 6.45) is 9.83. The molecule has 1 saturated heterocycles. The summed E-state index contributed by atoms with van der Waals surface area (Å²) in [6.45, 7) is 7.97. The number of benzene rings is 2. The van der Waals surface area contributed by atoms with Gasteiger partial charge < -0.3 is 29.7 Å². The van der Waals surface area contributed by atoms with Crippen LogP contribution >= 0.6 is 0 Å². The van der Waals surface area contributed by atoms with Crippen molar-refractivity contribution in [3.8, 4) is 22.8 Å². The zero-order chi connectivity index (χ0) is 43.1. The first-order valence-electron chi connectivity index (χ1n) is 21.4. The van der Waals surface area contributed by atoms with Gasteiger partial charge in [0.05, 0.1) is 36.7 Å². The van der Waals surface area contributed by atoms with E-state index in [1.807, 2.05) is 68.5 Å². The fourth-order valence-corrected chi connectivity index (χ4v) is 10.4. The molecule has 2 aromatic carbocycles. The Morgan fingerprint density at radius 3 is 2.51 bits per heavy atom. The van der Waals surface area contributed by atoms with E-state index in [4.69, 9.17) is 19.2 Å². The third kappa shape index (κ3) is 8.98. The summed E-state index contributed by atoms with van der Waals surface area (Å²) in [6, 6.07) is 13.3. The van der Waals surface area contributed by atoms with Gasteiger partial charge >= 0.3 is 6.09 Å². The molecular formula is C46H55N5O9S. The maximum absolute atomic E-state index is 15.0. The van der Waals surface area contributed by atoms with E-state index in [9.17, 15) is 27.6 Å². The quantitative estimate of drug-likeness (QED) is 0.215. The Morgan fingerprint density at radius 2 is 1.82 bits per heavy atom. The van der Waals surface area contributed by atoms with Gasteiger partial charge in [-0.05, 0) is 62.3 Å². The van der Waals surface area contributed by atoms with Crippen molar-refractivity contribution in [1.82, 2.24) is 25.2 Å². The fraction of sp³-hybridized carbons (Fsp3) is 0.500. The molecular weight excluding hydrogens is 799 g/mol. The highest BCUT2D eigenvalue weighted by Gasteiger charge is 2.62. The number of alkyl carbamates (subject to hydrolysis) is 1. The Balaban J connectivity index is 1.19. The number of amides is 4. The van der Waals surface area contributed by atoms with E-state index in [0.29, 0.717) is 66.6 Å². The van der Waals surface area contributed by atoms with Crippen LogP contribution in [0.3, 0.4) is 0 Å². The maximum Gasteiger partial charge on any atom is 0.407 e. The number of methoxy groups -OCH3 is 1. The largest absolute Gasteiger partial charge is 0.496 e. The number of nitrogens with one attached hydrogen (secondary N) is 3. The van der Waals surface area contributed by atoms with Crippen molar-refractivity contribution in [2.75, 3.05) is 20.3 Å². The molecule has 3 heterocycles. The lowest BCUT2D eigenvalue weighted by atomic mass is 9.88. The Morgan fingerprint density at radius 1 is 1.07 bits per heavy atom. The van der Waals surface area contributed by atoms with Crippen LogP contribution in [0.1, 0.15) is 83.6 Å². The number of pyridine rings is 1. The van der Waals surface area contributed by atoms with Crippen LogP contribution in [0.4, 0.5) is 4.79 Å². The van der Waals surface area contributed by atoms with E-state index in [2.05, 4.69) is 28.0 Å². The minimum absolute atomic E-state index is 0.0164. The molecule has 8 rings (SSSR count). The highest BCUT2D eigenvalue weighted by atomic mass is 32.2. The van der Waals surface area contributed by atoms with E-state index < -0.39 is 68.7 Å². The average Bonchev–Trinajstić information content (AvgIpc) is 4.12. The molecule has 2 aliphatic heterocycles. The Hall–Kier alpha value is -5.44. The molecule has 3 N–H and O–H groups in total. The molecule has 61 heavy (non-hydrogen) atoms. The number of hydrogen-bond donors (Lipinski definition) is 3. The Bertz CT molecular complexity index is 2360. The average molecular weight is 854 g/mol. The van der Waals surface area contributed by atoms with Gasteiger partial charge in [0.1, 0.15) is 35.2 Å². The van der Waals surface area contributed by atoms with E-state index in [0.717, 1.165) is 24.0 Å². The van der Waals surface area contributed by atoms with E-state index >= 15 is 0 Å². The lowest BCUT2D eigenvalue weighted by molar-refractivity contribution is -0.142. The van der Waals surface area contributed by atoms with Gasteiger partial charge in [-0.1, -0.05) is 75.2 Å². The summed E-state index contributed by atoms with van der Waals surface area (Å²) in [4.78, 5) is 63.3. The van der Waals surface area contributed by atoms with Crippen molar-refractivity contribution in [1.29, 1.82) is 0 Å². The normalized spacial score (nSPS) is 27.4. The lowest BCUT2D eigenvalue weighted by Crippen LogP contribution is -2.59. The van der Waals surface area contributed by atoms with Gasteiger partial charge in [-0.25, -0.2) is 18.2 Å². The molecule has 324 valence electrons. The van der Waals surface area contributed by atoms with Crippen molar-refractivity contribution in [3.63, 3.8) is 0 Å². The molecule has 0 unspecified atom stereocenters. The number of fused-ring (bicyclic) bond motifs is 3. The number of carbonyl (C=O) groups is 4. The number of carbonyl (C=O) groups excluding carboxylic acids is 4. The molecule has 5 aliphatic rings. The van der Waals surface area contributed by atoms with Crippen molar-refractivity contribution >= 4 is 50.8 Å². The van der Waals surface area contributed by atoms with Gasteiger partial charge in [0.2, 0.25) is 21.8 Å². The predicted molar refractivity (Wildman–Crippen MR) is 230 cm³/mol.